The van der Waals surface area contributed by atoms with Gasteiger partial charge in [-0.2, -0.15) is 0 Å². The number of nitrogens with zero attached hydrogens (tertiary/aromatic N) is 6. The molecule has 0 aliphatic carbocycles. The largest absolute Gasteiger partial charge is 0.311 e. The second-order valence-electron chi connectivity index (χ2n) is 6.35. The minimum absolute atomic E-state index is 0.537. The Kier molecular flexibility index (Phi) is 5.11. The molecule has 6 nitrogen and oxygen atoms in total. The van der Waals surface area contributed by atoms with E-state index in [9.17, 15) is 0 Å². The molecule has 0 saturated carbocycles. The van der Waals surface area contributed by atoms with Crippen LogP contribution in [0.3, 0.4) is 0 Å². The topological polar surface area (TPSA) is 61.4 Å². The molecular formula is C20H13ClN6S3. The van der Waals surface area contributed by atoms with Crippen LogP contribution in [0.1, 0.15) is 0 Å². The molecule has 0 bridgehead atoms. The van der Waals surface area contributed by atoms with Crippen LogP contribution >= 0.6 is 46.9 Å². The van der Waals surface area contributed by atoms with Crippen LogP contribution in [0.25, 0.3) is 27.4 Å². The Morgan fingerprint density at radius 1 is 1.03 bits per heavy atom. The van der Waals surface area contributed by atoms with Gasteiger partial charge in [-0.1, -0.05) is 53.3 Å². The van der Waals surface area contributed by atoms with E-state index in [-0.39, 0.29) is 0 Å². The zero-order valence-electron chi connectivity index (χ0n) is 15.6. The predicted octanol–water partition coefficient (Wildman–Crippen LogP) is 5.81. The van der Waals surface area contributed by atoms with Crippen molar-refractivity contribution in [2.75, 3.05) is 0 Å². The van der Waals surface area contributed by atoms with Gasteiger partial charge < -0.3 is 4.57 Å². The average Bonchev–Trinajstić information content (AvgIpc) is 3.31. The Morgan fingerprint density at radius 3 is 2.53 bits per heavy atom. The van der Waals surface area contributed by atoms with E-state index < -0.39 is 0 Å². The van der Waals surface area contributed by atoms with Gasteiger partial charge in [0.1, 0.15) is 16.1 Å². The molecule has 0 saturated heterocycles. The molecule has 0 atom stereocenters. The van der Waals surface area contributed by atoms with E-state index in [4.69, 9.17) is 33.8 Å². The summed E-state index contributed by atoms with van der Waals surface area (Å²) in [6.45, 7) is 0. The minimum Gasteiger partial charge on any atom is -0.311 e. The zero-order valence-corrected chi connectivity index (χ0v) is 18.8. The Morgan fingerprint density at radius 2 is 1.80 bits per heavy atom. The molecule has 0 spiro atoms. The summed E-state index contributed by atoms with van der Waals surface area (Å²) >= 11 is 15.1. The first-order chi connectivity index (χ1) is 14.6. The average molecular weight is 469 g/mol. The van der Waals surface area contributed by atoms with E-state index in [0.29, 0.717) is 14.8 Å². The highest BCUT2D eigenvalue weighted by molar-refractivity contribution is 7.99. The summed E-state index contributed by atoms with van der Waals surface area (Å²) in [5.74, 6) is 0.537. The lowest BCUT2D eigenvalue weighted by Crippen LogP contribution is -2.00. The lowest BCUT2D eigenvalue weighted by Gasteiger charge is -2.09. The molecule has 2 aromatic carbocycles. The van der Waals surface area contributed by atoms with Crippen LogP contribution in [0.15, 0.2) is 71.1 Å². The second kappa shape index (κ2) is 7.92. The summed E-state index contributed by atoms with van der Waals surface area (Å²) in [5.41, 5.74) is 2.45. The molecular weight excluding hydrogens is 456 g/mol. The molecule has 0 radical (unpaired) electrons. The van der Waals surface area contributed by atoms with E-state index in [1.165, 1.54) is 23.1 Å². The van der Waals surface area contributed by atoms with E-state index in [1.807, 2.05) is 70.8 Å². The van der Waals surface area contributed by atoms with Gasteiger partial charge in [0, 0.05) is 18.3 Å². The summed E-state index contributed by atoms with van der Waals surface area (Å²) in [4.78, 5) is 9.70. The predicted molar refractivity (Wildman–Crippen MR) is 123 cm³/mol. The SMILES string of the molecule is Cn1cnnc1Sc1nc(-c2ccccc2Cl)nc2c1sc(=S)n2-c1ccccc1. The molecule has 0 aliphatic heterocycles. The van der Waals surface area contributed by atoms with Gasteiger partial charge in [0.2, 0.25) is 0 Å². The van der Waals surface area contributed by atoms with E-state index in [2.05, 4.69) is 10.2 Å². The number of aryl methyl sites for hydroxylation is 1. The summed E-state index contributed by atoms with van der Waals surface area (Å²) in [5, 5.41) is 10.2. The normalized spacial score (nSPS) is 11.3. The molecule has 3 heterocycles. The molecule has 0 aliphatic rings. The fourth-order valence-electron chi connectivity index (χ4n) is 2.97. The van der Waals surface area contributed by atoms with Crippen molar-refractivity contribution in [2.45, 2.75) is 10.2 Å². The third-order valence-electron chi connectivity index (χ3n) is 4.39. The number of benzene rings is 2. The van der Waals surface area contributed by atoms with Gasteiger partial charge in [0.05, 0.1) is 5.02 Å². The summed E-state index contributed by atoms with van der Waals surface area (Å²) in [6.07, 6.45) is 1.66. The minimum atomic E-state index is 0.537. The first kappa shape index (κ1) is 19.4. The molecule has 148 valence electrons. The van der Waals surface area contributed by atoms with Gasteiger partial charge in [-0.15, -0.1) is 10.2 Å². The van der Waals surface area contributed by atoms with E-state index in [1.54, 1.807) is 6.33 Å². The van der Waals surface area contributed by atoms with Gasteiger partial charge in [-0.05, 0) is 48.2 Å². The van der Waals surface area contributed by atoms with Crippen molar-refractivity contribution >= 4 is 57.3 Å². The Bertz CT molecular complexity index is 1420. The maximum Gasteiger partial charge on any atom is 0.197 e. The first-order valence-corrected chi connectivity index (χ1v) is 11.3. The monoisotopic (exact) mass is 468 g/mol. The molecule has 10 heteroatoms. The second-order valence-corrected chi connectivity index (χ2v) is 9.36. The molecule has 5 aromatic rings. The lowest BCUT2D eigenvalue weighted by atomic mass is 10.2. The Balaban J connectivity index is 1.81. The van der Waals surface area contributed by atoms with Gasteiger partial charge in [0.15, 0.2) is 20.6 Å². The van der Waals surface area contributed by atoms with E-state index in [0.717, 1.165) is 31.8 Å². The number of para-hydroxylation sites is 1. The standard InChI is InChI=1S/C20H13ClN6S3/c1-26-11-22-25-19(26)30-18-15-17(23-16(24-18)13-9-5-6-10-14(13)21)27(20(28)29-15)12-7-3-2-4-8-12/h2-11H,1H3. The number of hydrogen-bond donors (Lipinski definition) is 0. The van der Waals surface area contributed by atoms with Crippen molar-refractivity contribution in [1.82, 2.24) is 29.3 Å². The molecule has 3 aromatic heterocycles. The molecule has 0 fully saturated rings. The van der Waals surface area contributed by atoms with Gasteiger partial charge >= 0.3 is 0 Å². The number of fused-ring (bicyclic) bond motifs is 1. The van der Waals surface area contributed by atoms with Crippen molar-refractivity contribution < 1.29 is 0 Å². The number of aromatic nitrogens is 6. The van der Waals surface area contributed by atoms with Crippen LogP contribution in [-0.2, 0) is 7.05 Å². The number of hydrogen-bond acceptors (Lipinski definition) is 7. The quantitative estimate of drug-likeness (QED) is 0.245. The van der Waals surface area contributed by atoms with Gasteiger partial charge in [-0.3, -0.25) is 4.57 Å². The maximum absolute atomic E-state index is 6.45. The van der Waals surface area contributed by atoms with E-state index >= 15 is 0 Å². The van der Waals surface area contributed by atoms with Crippen LogP contribution < -0.4 is 0 Å². The zero-order chi connectivity index (χ0) is 20.7. The number of rotatable bonds is 4. The fourth-order valence-corrected chi connectivity index (χ4v) is 5.47. The highest BCUT2D eigenvalue weighted by Crippen LogP contribution is 2.37. The van der Waals surface area contributed by atoms with Gasteiger partial charge in [-0.25, -0.2) is 9.97 Å². The molecule has 0 unspecified atom stereocenters. The molecule has 0 N–H and O–H groups in total. The van der Waals surface area contributed by atoms with Crippen molar-refractivity contribution in [3.8, 4) is 17.1 Å². The van der Waals surface area contributed by atoms with Crippen molar-refractivity contribution in [3.05, 3.63) is 69.9 Å². The highest BCUT2D eigenvalue weighted by Gasteiger charge is 2.19. The first-order valence-electron chi connectivity index (χ1n) is 8.87. The molecule has 5 rings (SSSR count). The Labute approximate surface area is 190 Å². The summed E-state index contributed by atoms with van der Waals surface area (Å²) in [6, 6.07) is 17.5. The number of halogens is 1. The van der Waals surface area contributed by atoms with Crippen LogP contribution in [-0.4, -0.2) is 29.3 Å². The third-order valence-corrected chi connectivity index (χ3v) is 7.26. The van der Waals surface area contributed by atoms with Crippen LogP contribution in [0.2, 0.25) is 5.02 Å². The molecule has 30 heavy (non-hydrogen) atoms. The van der Waals surface area contributed by atoms with Crippen molar-refractivity contribution in [3.63, 3.8) is 0 Å². The van der Waals surface area contributed by atoms with Crippen molar-refractivity contribution in [2.24, 2.45) is 7.05 Å². The maximum atomic E-state index is 6.45. The van der Waals surface area contributed by atoms with Crippen LogP contribution in [0.4, 0.5) is 0 Å². The smallest absolute Gasteiger partial charge is 0.197 e. The number of thiazole rings is 1. The van der Waals surface area contributed by atoms with Gasteiger partial charge in [0.25, 0.3) is 0 Å². The third kappa shape index (κ3) is 3.43. The highest BCUT2D eigenvalue weighted by atomic mass is 35.5. The van der Waals surface area contributed by atoms with Crippen LogP contribution in [0, 0.1) is 3.95 Å². The lowest BCUT2D eigenvalue weighted by molar-refractivity contribution is 0.787. The fraction of sp³-hybridized carbons (Fsp3) is 0.0500. The summed E-state index contributed by atoms with van der Waals surface area (Å²) in [7, 11) is 1.90. The van der Waals surface area contributed by atoms with Crippen LogP contribution in [0.5, 0.6) is 0 Å². The van der Waals surface area contributed by atoms with Crippen molar-refractivity contribution in [1.29, 1.82) is 0 Å². The molecule has 0 amide bonds. The Hall–Kier alpha value is -2.59. The summed E-state index contributed by atoms with van der Waals surface area (Å²) < 4.78 is 5.41.